The minimum absolute atomic E-state index is 0.141. The third kappa shape index (κ3) is 4.72. The van der Waals surface area contributed by atoms with Crippen LogP contribution in [-0.2, 0) is 0 Å². The molecule has 3 nitrogen and oxygen atoms in total. The van der Waals surface area contributed by atoms with Crippen molar-refractivity contribution in [2.45, 2.75) is 13.0 Å². The monoisotopic (exact) mass is 353 g/mol. The van der Waals surface area contributed by atoms with E-state index in [2.05, 4.69) is 21.2 Å². The van der Waals surface area contributed by atoms with Gasteiger partial charge in [-0.2, -0.15) is 0 Å². The van der Waals surface area contributed by atoms with Gasteiger partial charge in [0, 0.05) is 11.0 Å². The molecule has 2 N–H and O–H groups in total. The van der Waals surface area contributed by atoms with E-state index in [1.54, 1.807) is 12.1 Å². The van der Waals surface area contributed by atoms with Crippen molar-refractivity contribution in [1.82, 2.24) is 0 Å². The van der Waals surface area contributed by atoms with Crippen LogP contribution in [0.5, 0.6) is 5.75 Å². The molecule has 21 heavy (non-hydrogen) atoms. The number of hydrogen-bond donors (Lipinski definition) is 2. The summed E-state index contributed by atoms with van der Waals surface area (Å²) < 4.78 is 19.7. The minimum Gasteiger partial charge on any atom is -0.491 e. The number of aliphatic hydroxyl groups excluding tert-OH is 1. The van der Waals surface area contributed by atoms with Crippen LogP contribution in [0.3, 0.4) is 0 Å². The Hall–Kier alpha value is -1.59. The van der Waals surface area contributed by atoms with Gasteiger partial charge in [-0.1, -0.05) is 18.2 Å². The molecule has 0 aromatic heterocycles. The smallest absolute Gasteiger partial charge is 0.147 e. The number of nitrogens with one attached hydrogen (secondary N) is 1. The van der Waals surface area contributed by atoms with E-state index in [4.69, 9.17) is 4.74 Å². The molecule has 0 saturated heterocycles. The molecule has 1 unspecified atom stereocenters. The maximum Gasteiger partial charge on any atom is 0.147 e. The lowest BCUT2D eigenvalue weighted by Gasteiger charge is -2.15. The quantitative estimate of drug-likeness (QED) is 0.830. The summed E-state index contributed by atoms with van der Waals surface area (Å²) in [5.41, 5.74) is 1.43. The predicted molar refractivity (Wildman–Crippen MR) is 85.3 cm³/mol. The molecule has 0 amide bonds. The van der Waals surface area contributed by atoms with Crippen LogP contribution in [0, 0.1) is 12.7 Å². The highest BCUT2D eigenvalue weighted by atomic mass is 79.9. The Morgan fingerprint density at radius 3 is 2.76 bits per heavy atom. The van der Waals surface area contributed by atoms with Crippen LogP contribution in [-0.4, -0.2) is 24.4 Å². The van der Waals surface area contributed by atoms with Gasteiger partial charge in [0.25, 0.3) is 0 Å². The van der Waals surface area contributed by atoms with Crippen LogP contribution in [0.25, 0.3) is 0 Å². The van der Waals surface area contributed by atoms with Crippen LogP contribution >= 0.6 is 15.9 Å². The third-order valence-electron chi connectivity index (χ3n) is 2.91. The molecule has 0 aliphatic heterocycles. The molecule has 2 rings (SSSR count). The number of aryl methyl sites for hydroxylation is 1. The molecule has 2 aromatic rings. The summed E-state index contributed by atoms with van der Waals surface area (Å²) >= 11 is 3.27. The second kappa shape index (κ2) is 7.43. The minimum atomic E-state index is -0.739. The zero-order valence-electron chi connectivity index (χ0n) is 11.6. The Bertz CT molecular complexity index is 586. The van der Waals surface area contributed by atoms with Crippen molar-refractivity contribution in [2.24, 2.45) is 0 Å². The van der Waals surface area contributed by atoms with Crippen LogP contribution < -0.4 is 10.1 Å². The summed E-state index contributed by atoms with van der Waals surface area (Å²) in [6.07, 6.45) is -0.739. The number of halogens is 2. The number of ether oxygens (including phenoxy) is 1. The number of rotatable bonds is 6. The van der Waals surface area contributed by atoms with E-state index in [-0.39, 0.29) is 19.0 Å². The Morgan fingerprint density at radius 1 is 1.29 bits per heavy atom. The summed E-state index contributed by atoms with van der Waals surface area (Å²) in [7, 11) is 0. The summed E-state index contributed by atoms with van der Waals surface area (Å²) in [4.78, 5) is 0. The van der Waals surface area contributed by atoms with E-state index < -0.39 is 6.10 Å². The van der Waals surface area contributed by atoms with Gasteiger partial charge in [-0.05, 0) is 52.7 Å². The van der Waals surface area contributed by atoms with E-state index in [1.807, 2.05) is 31.2 Å². The number of hydrogen-bond acceptors (Lipinski definition) is 3. The highest BCUT2D eigenvalue weighted by molar-refractivity contribution is 9.10. The first-order valence-corrected chi connectivity index (χ1v) is 7.41. The number of anilines is 1. The van der Waals surface area contributed by atoms with Crippen LogP contribution in [0.2, 0.25) is 0 Å². The van der Waals surface area contributed by atoms with E-state index in [1.165, 1.54) is 6.07 Å². The van der Waals surface area contributed by atoms with Crippen molar-refractivity contribution in [1.29, 1.82) is 0 Å². The van der Waals surface area contributed by atoms with Gasteiger partial charge in [0.05, 0.1) is 5.69 Å². The molecule has 1 atom stereocenters. The van der Waals surface area contributed by atoms with Crippen LogP contribution in [0.15, 0.2) is 46.9 Å². The Kier molecular flexibility index (Phi) is 5.59. The summed E-state index contributed by atoms with van der Waals surface area (Å²) in [5, 5.41) is 12.8. The van der Waals surface area contributed by atoms with Gasteiger partial charge >= 0.3 is 0 Å². The number of aliphatic hydroxyl groups is 1. The molecule has 0 bridgehead atoms. The highest BCUT2D eigenvalue weighted by Gasteiger charge is 2.10. The fraction of sp³-hybridized carbons (Fsp3) is 0.250. The average molecular weight is 354 g/mol. The first-order valence-electron chi connectivity index (χ1n) is 6.61. The van der Waals surface area contributed by atoms with Crippen molar-refractivity contribution in [3.05, 3.63) is 58.3 Å². The van der Waals surface area contributed by atoms with Gasteiger partial charge in [-0.25, -0.2) is 4.39 Å². The fourth-order valence-corrected chi connectivity index (χ4v) is 2.33. The second-order valence-corrected chi connectivity index (χ2v) is 5.61. The molecule has 5 heteroatoms. The van der Waals surface area contributed by atoms with Crippen LogP contribution in [0.4, 0.5) is 10.1 Å². The van der Waals surface area contributed by atoms with Gasteiger partial charge in [-0.3, -0.25) is 0 Å². The van der Waals surface area contributed by atoms with Crippen molar-refractivity contribution < 1.29 is 14.2 Å². The van der Waals surface area contributed by atoms with E-state index >= 15 is 0 Å². The topological polar surface area (TPSA) is 41.5 Å². The van der Waals surface area contributed by atoms with Gasteiger partial charge in [0.15, 0.2) is 0 Å². The molecule has 0 saturated carbocycles. The lowest BCUT2D eigenvalue weighted by atomic mass is 10.2. The van der Waals surface area contributed by atoms with Crippen molar-refractivity contribution >= 4 is 21.6 Å². The molecule has 0 radical (unpaired) electrons. The zero-order valence-corrected chi connectivity index (χ0v) is 13.2. The summed E-state index contributed by atoms with van der Waals surface area (Å²) in [5.74, 6) is 0.345. The lowest BCUT2D eigenvalue weighted by molar-refractivity contribution is 0.117. The lowest BCUT2D eigenvalue weighted by Crippen LogP contribution is -2.26. The fourth-order valence-electron chi connectivity index (χ4n) is 1.84. The van der Waals surface area contributed by atoms with Gasteiger partial charge in [0.2, 0.25) is 0 Å². The van der Waals surface area contributed by atoms with E-state index in [9.17, 15) is 9.50 Å². The zero-order chi connectivity index (χ0) is 15.2. The molecule has 112 valence electrons. The average Bonchev–Trinajstić information content (AvgIpc) is 2.45. The number of benzene rings is 2. The van der Waals surface area contributed by atoms with E-state index in [0.717, 1.165) is 5.56 Å². The standard InChI is InChI=1S/C16H17BrFNO2/c1-11-4-2-5-13(8-11)21-10-12(20)9-19-16-14(17)6-3-7-15(16)18/h2-8,12,19-20H,9-10H2,1H3. The highest BCUT2D eigenvalue weighted by Crippen LogP contribution is 2.25. The third-order valence-corrected chi connectivity index (χ3v) is 3.57. The normalized spacial score (nSPS) is 12.0. The Balaban J connectivity index is 1.84. The SMILES string of the molecule is Cc1cccc(OCC(O)CNc2c(F)cccc2Br)c1. The Morgan fingerprint density at radius 2 is 2.05 bits per heavy atom. The van der Waals surface area contributed by atoms with Crippen molar-refractivity contribution in [3.8, 4) is 5.75 Å². The van der Waals surface area contributed by atoms with Crippen LogP contribution in [0.1, 0.15) is 5.56 Å². The van der Waals surface area contributed by atoms with Gasteiger partial charge in [0.1, 0.15) is 24.3 Å². The maximum atomic E-state index is 13.6. The summed E-state index contributed by atoms with van der Waals surface area (Å²) in [6.45, 7) is 2.31. The first-order chi connectivity index (χ1) is 10.1. The van der Waals surface area contributed by atoms with Crippen molar-refractivity contribution in [2.75, 3.05) is 18.5 Å². The second-order valence-electron chi connectivity index (χ2n) is 4.76. The maximum absolute atomic E-state index is 13.6. The molecule has 0 aliphatic rings. The first kappa shape index (κ1) is 15.8. The largest absolute Gasteiger partial charge is 0.491 e. The van der Waals surface area contributed by atoms with Gasteiger partial charge in [-0.15, -0.1) is 0 Å². The molecule has 2 aromatic carbocycles. The Labute approximate surface area is 131 Å². The molecular weight excluding hydrogens is 337 g/mol. The van der Waals surface area contributed by atoms with Gasteiger partial charge < -0.3 is 15.2 Å². The molecular formula is C16H17BrFNO2. The van der Waals surface area contributed by atoms with E-state index in [0.29, 0.717) is 15.9 Å². The summed E-state index contributed by atoms with van der Waals surface area (Å²) in [6, 6.07) is 12.3. The molecule has 0 fully saturated rings. The number of para-hydroxylation sites is 1. The molecule has 0 spiro atoms. The predicted octanol–water partition coefficient (Wildman–Crippen LogP) is 3.75. The molecule has 0 heterocycles. The van der Waals surface area contributed by atoms with Crippen molar-refractivity contribution in [3.63, 3.8) is 0 Å². The molecule has 0 aliphatic carbocycles.